The molecule has 0 radical (unpaired) electrons. The van der Waals surface area contributed by atoms with E-state index in [-0.39, 0.29) is 29.4 Å². The number of nitrogens with one attached hydrogen (secondary N) is 1. The van der Waals surface area contributed by atoms with Crippen molar-refractivity contribution >= 4 is 17.5 Å². The second kappa shape index (κ2) is 8.19. The van der Waals surface area contributed by atoms with Crippen LogP contribution < -0.4 is 11.1 Å². The van der Waals surface area contributed by atoms with E-state index < -0.39 is 16.7 Å². The molecule has 1 saturated heterocycles. The number of nitrogen functional groups attached to an aromatic ring is 1. The van der Waals surface area contributed by atoms with Gasteiger partial charge in [0.2, 0.25) is 11.8 Å². The van der Waals surface area contributed by atoms with Gasteiger partial charge in [-0.3, -0.25) is 15.0 Å². The molecule has 1 aromatic carbocycles. The van der Waals surface area contributed by atoms with Crippen LogP contribution in [0.15, 0.2) is 30.5 Å². The molecule has 156 valence electrons. The van der Waals surface area contributed by atoms with Gasteiger partial charge in [0.15, 0.2) is 0 Å². The van der Waals surface area contributed by atoms with Crippen LogP contribution in [-0.2, 0) is 6.18 Å². The van der Waals surface area contributed by atoms with Crippen molar-refractivity contribution in [2.24, 2.45) is 5.92 Å². The predicted octanol–water partition coefficient (Wildman–Crippen LogP) is 3.48. The lowest BCUT2D eigenvalue weighted by Gasteiger charge is -2.39. The number of nitrogens with two attached hydrogens (primary N) is 1. The maximum absolute atomic E-state index is 12.8. The normalized spacial score (nSPS) is 20.4. The maximum atomic E-state index is 12.8. The van der Waals surface area contributed by atoms with Gasteiger partial charge in [-0.25, -0.2) is 4.98 Å². The van der Waals surface area contributed by atoms with Crippen LogP contribution in [0.2, 0.25) is 0 Å². The Kier molecular flexibility index (Phi) is 5.87. The van der Waals surface area contributed by atoms with E-state index >= 15 is 0 Å². The molecule has 2 aromatic rings. The lowest BCUT2D eigenvalue weighted by atomic mass is 9.84. The molecule has 0 spiro atoms. The zero-order valence-electron chi connectivity index (χ0n) is 15.7. The minimum Gasteiger partial charge on any atom is -0.378 e. The fourth-order valence-electron chi connectivity index (χ4n) is 3.71. The highest BCUT2D eigenvalue weighted by molar-refractivity contribution is 5.53. The van der Waals surface area contributed by atoms with E-state index in [4.69, 9.17) is 5.73 Å². The van der Waals surface area contributed by atoms with Gasteiger partial charge in [-0.1, -0.05) is 12.1 Å². The summed E-state index contributed by atoms with van der Waals surface area (Å²) in [6, 6.07) is 5.16. The molecule has 0 bridgehead atoms. The molecule has 29 heavy (non-hydrogen) atoms. The van der Waals surface area contributed by atoms with Crippen LogP contribution in [0.25, 0.3) is 0 Å². The molecule has 1 aliphatic heterocycles. The van der Waals surface area contributed by atoms with Crippen molar-refractivity contribution in [2.75, 3.05) is 31.2 Å². The third-order valence-corrected chi connectivity index (χ3v) is 5.10. The number of hydrogen-bond acceptors (Lipinski definition) is 7. The standard InChI is InChI=1S/C18H21F3N6O2/c1-26-8-2-3-12(9-23-17-24-10-14(27(28)29)16(22)25-17)15(26)11-4-6-13(7-5-11)18(19,20)21/h4-7,10,12,15H,2-3,8-9H2,1H3,(H3,22,23,24,25). The van der Waals surface area contributed by atoms with Gasteiger partial charge < -0.3 is 11.1 Å². The molecule has 1 fully saturated rings. The molecule has 1 aliphatic rings. The van der Waals surface area contributed by atoms with Crippen LogP contribution in [0.4, 0.5) is 30.6 Å². The van der Waals surface area contributed by atoms with E-state index in [1.165, 1.54) is 12.1 Å². The number of likely N-dealkylation sites (tertiary alicyclic amines) is 1. The van der Waals surface area contributed by atoms with Crippen molar-refractivity contribution in [3.63, 3.8) is 0 Å². The van der Waals surface area contributed by atoms with Crippen molar-refractivity contribution < 1.29 is 18.1 Å². The van der Waals surface area contributed by atoms with Gasteiger partial charge in [-0.2, -0.15) is 18.2 Å². The van der Waals surface area contributed by atoms with Crippen LogP contribution >= 0.6 is 0 Å². The molecule has 0 saturated carbocycles. The summed E-state index contributed by atoms with van der Waals surface area (Å²) in [6.07, 6.45) is -1.51. The number of benzene rings is 1. The lowest BCUT2D eigenvalue weighted by molar-refractivity contribution is -0.384. The summed E-state index contributed by atoms with van der Waals surface area (Å²) in [7, 11) is 1.94. The average Bonchev–Trinajstić information content (AvgIpc) is 2.65. The van der Waals surface area contributed by atoms with Gasteiger partial charge in [-0.05, 0) is 50.0 Å². The Morgan fingerprint density at radius 3 is 2.62 bits per heavy atom. The Labute approximate surface area is 165 Å². The lowest BCUT2D eigenvalue weighted by Crippen LogP contribution is -2.39. The van der Waals surface area contributed by atoms with E-state index in [0.29, 0.717) is 6.54 Å². The second-order valence-corrected chi connectivity index (χ2v) is 7.05. The third kappa shape index (κ3) is 4.73. The van der Waals surface area contributed by atoms with Crippen LogP contribution in [0.1, 0.15) is 30.0 Å². The van der Waals surface area contributed by atoms with Gasteiger partial charge in [0.1, 0.15) is 6.20 Å². The quantitative estimate of drug-likeness (QED) is 0.573. The summed E-state index contributed by atoms with van der Waals surface area (Å²) in [5.41, 5.74) is 5.35. The van der Waals surface area contributed by atoms with Gasteiger partial charge in [0.25, 0.3) is 0 Å². The van der Waals surface area contributed by atoms with Crippen molar-refractivity contribution in [1.82, 2.24) is 14.9 Å². The number of anilines is 2. The molecule has 2 atom stereocenters. The van der Waals surface area contributed by atoms with Crippen LogP contribution in [-0.4, -0.2) is 39.9 Å². The summed E-state index contributed by atoms with van der Waals surface area (Å²) in [5, 5.41) is 13.9. The second-order valence-electron chi connectivity index (χ2n) is 7.05. The summed E-state index contributed by atoms with van der Waals surface area (Å²) in [6.45, 7) is 1.29. The molecule has 8 nitrogen and oxygen atoms in total. The Bertz CT molecular complexity index is 875. The molecular weight excluding hydrogens is 389 g/mol. The summed E-state index contributed by atoms with van der Waals surface area (Å²) in [4.78, 5) is 20.1. The predicted molar refractivity (Wildman–Crippen MR) is 101 cm³/mol. The van der Waals surface area contributed by atoms with Crippen molar-refractivity contribution in [2.45, 2.75) is 25.1 Å². The molecule has 11 heteroatoms. The molecule has 0 aliphatic carbocycles. The van der Waals surface area contributed by atoms with E-state index in [9.17, 15) is 23.3 Å². The SMILES string of the molecule is CN1CCCC(CNc2ncc([N+](=O)[O-])c(N)n2)C1c1ccc(C(F)(F)F)cc1. The topological polar surface area (TPSA) is 110 Å². The molecule has 1 aromatic heterocycles. The first kappa shape index (κ1) is 20.8. The van der Waals surface area contributed by atoms with Crippen molar-refractivity contribution in [3.05, 3.63) is 51.7 Å². The number of alkyl halides is 3. The smallest absolute Gasteiger partial charge is 0.378 e. The monoisotopic (exact) mass is 410 g/mol. The van der Waals surface area contributed by atoms with Crippen molar-refractivity contribution in [3.8, 4) is 0 Å². The van der Waals surface area contributed by atoms with Crippen LogP contribution in [0, 0.1) is 16.0 Å². The van der Waals surface area contributed by atoms with Gasteiger partial charge in [-0.15, -0.1) is 0 Å². The highest BCUT2D eigenvalue weighted by Crippen LogP contribution is 2.37. The van der Waals surface area contributed by atoms with Crippen LogP contribution in [0.3, 0.4) is 0 Å². The number of nitro groups is 1. The Balaban J connectivity index is 1.75. The summed E-state index contributed by atoms with van der Waals surface area (Å²) < 4.78 is 38.5. The van der Waals surface area contributed by atoms with Crippen molar-refractivity contribution in [1.29, 1.82) is 0 Å². The Morgan fingerprint density at radius 1 is 1.34 bits per heavy atom. The number of halogens is 3. The summed E-state index contributed by atoms with van der Waals surface area (Å²) in [5.74, 6) is 0.0329. The van der Waals surface area contributed by atoms with Gasteiger partial charge in [0.05, 0.1) is 10.5 Å². The highest BCUT2D eigenvalue weighted by atomic mass is 19.4. The van der Waals surface area contributed by atoms with E-state index in [1.54, 1.807) is 0 Å². The zero-order chi connectivity index (χ0) is 21.2. The first-order valence-electron chi connectivity index (χ1n) is 9.05. The first-order valence-corrected chi connectivity index (χ1v) is 9.05. The third-order valence-electron chi connectivity index (χ3n) is 5.10. The minimum atomic E-state index is -4.37. The summed E-state index contributed by atoms with van der Waals surface area (Å²) >= 11 is 0. The average molecular weight is 410 g/mol. The number of piperidine rings is 1. The van der Waals surface area contributed by atoms with Gasteiger partial charge >= 0.3 is 11.9 Å². The molecule has 2 heterocycles. The minimum absolute atomic E-state index is 0.0751. The number of rotatable bonds is 5. The van der Waals surface area contributed by atoms with E-state index in [0.717, 1.165) is 43.3 Å². The molecule has 0 amide bonds. The Morgan fingerprint density at radius 2 is 2.03 bits per heavy atom. The molecule has 2 unspecified atom stereocenters. The number of aromatic nitrogens is 2. The zero-order valence-corrected chi connectivity index (χ0v) is 15.7. The fraction of sp³-hybridized carbons (Fsp3) is 0.444. The number of hydrogen-bond donors (Lipinski definition) is 2. The molecular formula is C18H21F3N6O2. The number of nitrogens with zero attached hydrogens (tertiary/aromatic N) is 4. The van der Waals surface area contributed by atoms with Gasteiger partial charge in [0, 0.05) is 12.6 Å². The fourth-order valence-corrected chi connectivity index (χ4v) is 3.71. The maximum Gasteiger partial charge on any atom is 0.416 e. The molecule has 3 N–H and O–H groups in total. The Hall–Kier alpha value is -2.95. The highest BCUT2D eigenvalue weighted by Gasteiger charge is 2.33. The van der Waals surface area contributed by atoms with E-state index in [2.05, 4.69) is 20.2 Å². The van der Waals surface area contributed by atoms with E-state index in [1.807, 2.05) is 7.05 Å². The van der Waals surface area contributed by atoms with Crippen LogP contribution in [0.5, 0.6) is 0 Å². The largest absolute Gasteiger partial charge is 0.416 e. The first-order chi connectivity index (χ1) is 13.7. The molecule has 3 rings (SSSR count).